The Hall–Kier alpha value is -3.42. The first-order valence-electron chi connectivity index (χ1n) is 13.6. The predicted molar refractivity (Wildman–Crippen MR) is 143 cm³/mol. The molecule has 1 aromatic carbocycles. The summed E-state index contributed by atoms with van der Waals surface area (Å²) in [5.41, 5.74) is -1.26. The van der Waals surface area contributed by atoms with Gasteiger partial charge in [-0.05, 0) is 68.4 Å². The maximum absolute atomic E-state index is 14.7. The van der Waals surface area contributed by atoms with Gasteiger partial charge < -0.3 is 26.2 Å². The van der Waals surface area contributed by atoms with E-state index in [1.165, 1.54) is 19.0 Å². The van der Waals surface area contributed by atoms with Crippen LogP contribution in [0.1, 0.15) is 48.9 Å². The number of primary amides is 1. The maximum Gasteiger partial charge on any atom is 0.417 e. The number of hydrogen-bond acceptors (Lipinski definition) is 9. The highest BCUT2D eigenvalue weighted by Gasteiger charge is 2.64. The number of nitrogens with two attached hydrogens (primary N) is 1. The minimum atomic E-state index is -4.87. The SMILES string of the molecule is CN(C)[C@@H]1C(=O)C(C(N)=O)=C(O)[C@@]2(O)C(=O)C3=C(O)c4c(O)cc(CN5CCC(C)(C)C5)c(C(F)(F)F)c4C[C@H]3C[C@@H]12. The lowest BCUT2D eigenvalue weighted by Crippen LogP contribution is -2.65. The number of rotatable bonds is 4. The van der Waals surface area contributed by atoms with Crippen molar-refractivity contribution in [1.29, 1.82) is 0 Å². The van der Waals surface area contributed by atoms with Crippen molar-refractivity contribution in [2.45, 2.75) is 57.5 Å². The van der Waals surface area contributed by atoms with Gasteiger partial charge in [0.1, 0.15) is 22.8 Å². The summed E-state index contributed by atoms with van der Waals surface area (Å²) in [6, 6.07) is -0.387. The number of ketones is 2. The van der Waals surface area contributed by atoms with Crippen LogP contribution >= 0.6 is 0 Å². The fourth-order valence-corrected chi connectivity index (χ4v) is 7.46. The molecular formula is C29H34F3N3O7. The number of aliphatic hydroxyl groups is 3. The number of phenols is 1. The summed E-state index contributed by atoms with van der Waals surface area (Å²) in [5, 5.41) is 44.7. The monoisotopic (exact) mass is 593 g/mol. The van der Waals surface area contributed by atoms with Crippen LogP contribution in [-0.2, 0) is 33.5 Å². The number of alkyl halides is 3. The molecule has 228 valence electrons. The van der Waals surface area contributed by atoms with Crippen LogP contribution in [0, 0.1) is 17.3 Å². The van der Waals surface area contributed by atoms with Crippen molar-refractivity contribution in [3.05, 3.63) is 45.2 Å². The molecule has 6 N–H and O–H groups in total. The van der Waals surface area contributed by atoms with Gasteiger partial charge >= 0.3 is 6.18 Å². The highest BCUT2D eigenvalue weighted by atomic mass is 19.4. The first-order valence-corrected chi connectivity index (χ1v) is 13.6. The Bertz CT molecular complexity index is 1480. The second-order valence-electron chi connectivity index (χ2n) is 12.9. The Morgan fingerprint density at radius 1 is 1.19 bits per heavy atom. The third-order valence-corrected chi connectivity index (χ3v) is 9.24. The van der Waals surface area contributed by atoms with Crippen LogP contribution in [0.4, 0.5) is 13.2 Å². The molecule has 10 nitrogen and oxygen atoms in total. The van der Waals surface area contributed by atoms with Gasteiger partial charge in [-0.1, -0.05) is 13.8 Å². The van der Waals surface area contributed by atoms with Gasteiger partial charge in [0.25, 0.3) is 5.91 Å². The van der Waals surface area contributed by atoms with Crippen LogP contribution in [0.2, 0.25) is 0 Å². The van der Waals surface area contributed by atoms with Gasteiger partial charge in [0, 0.05) is 24.6 Å². The number of likely N-dealkylation sites (N-methyl/N-ethyl adjacent to an activating group) is 1. The van der Waals surface area contributed by atoms with Gasteiger partial charge in [0.2, 0.25) is 5.78 Å². The Balaban J connectivity index is 1.70. The molecule has 0 radical (unpaired) electrons. The normalized spacial score (nSPS) is 29.6. The molecule has 0 unspecified atom stereocenters. The molecule has 1 heterocycles. The second-order valence-corrected chi connectivity index (χ2v) is 12.9. The Kier molecular flexibility index (Phi) is 6.83. The lowest BCUT2D eigenvalue weighted by Gasteiger charge is -2.50. The number of halogens is 3. The topological polar surface area (TPSA) is 165 Å². The third kappa shape index (κ3) is 4.32. The standard InChI is InChI=1S/C29H34F3N3O7/c1-27(2)5-6-35(11-27)10-13-9-16(36)18-14(20(13)29(30,31)32)7-12-8-15-21(34(3)4)23(38)19(26(33)41)25(40)28(15,42)24(39)17(12)22(18)37/h9,12,15,21,36-37,40,42H,5-8,10-11H2,1-4H3,(H2,33,41)/t12-,15-,21-,28-/m0/s1. The van der Waals surface area contributed by atoms with Crippen LogP contribution < -0.4 is 5.73 Å². The summed E-state index contributed by atoms with van der Waals surface area (Å²) in [6.45, 7) is 5.07. The molecule has 1 aromatic rings. The van der Waals surface area contributed by atoms with E-state index < -0.39 is 93.1 Å². The van der Waals surface area contributed by atoms with Crippen LogP contribution in [0.25, 0.3) is 5.76 Å². The van der Waals surface area contributed by atoms with Crippen LogP contribution in [0.3, 0.4) is 0 Å². The van der Waals surface area contributed by atoms with Crippen molar-refractivity contribution in [3.8, 4) is 5.75 Å². The molecule has 1 saturated carbocycles. The molecule has 1 amide bonds. The molecule has 2 fully saturated rings. The largest absolute Gasteiger partial charge is 0.508 e. The zero-order valence-corrected chi connectivity index (χ0v) is 23.7. The number of amides is 1. The average molecular weight is 594 g/mol. The lowest BCUT2D eigenvalue weighted by molar-refractivity contribution is -0.153. The van der Waals surface area contributed by atoms with Gasteiger partial charge in [-0.25, -0.2) is 0 Å². The second kappa shape index (κ2) is 9.55. The molecule has 42 heavy (non-hydrogen) atoms. The first-order chi connectivity index (χ1) is 19.3. The van der Waals surface area contributed by atoms with Crippen molar-refractivity contribution in [3.63, 3.8) is 0 Å². The van der Waals surface area contributed by atoms with Crippen molar-refractivity contribution in [2.24, 2.45) is 23.0 Å². The number of nitrogens with zero attached hydrogens (tertiary/aromatic N) is 2. The van der Waals surface area contributed by atoms with Gasteiger partial charge in [-0.2, -0.15) is 13.2 Å². The quantitative estimate of drug-likeness (QED) is 0.329. The van der Waals surface area contributed by atoms with E-state index in [4.69, 9.17) is 5.73 Å². The Morgan fingerprint density at radius 2 is 1.83 bits per heavy atom. The van der Waals surface area contributed by atoms with Crippen molar-refractivity contribution in [2.75, 3.05) is 27.2 Å². The van der Waals surface area contributed by atoms with E-state index >= 15 is 0 Å². The van der Waals surface area contributed by atoms with Gasteiger partial charge in [-0.15, -0.1) is 0 Å². The molecule has 4 aliphatic rings. The third-order valence-electron chi connectivity index (χ3n) is 9.24. The molecule has 1 aliphatic heterocycles. The fraction of sp³-hybridized carbons (Fsp3) is 0.552. The zero-order chi connectivity index (χ0) is 31.3. The molecule has 1 saturated heterocycles. The van der Waals surface area contributed by atoms with E-state index in [9.17, 15) is 48.0 Å². The average Bonchev–Trinajstić information content (AvgIpc) is 3.17. The minimum Gasteiger partial charge on any atom is -0.508 e. The summed E-state index contributed by atoms with van der Waals surface area (Å²) in [6.07, 6.45) is -4.81. The Morgan fingerprint density at radius 3 is 2.36 bits per heavy atom. The maximum atomic E-state index is 14.7. The molecule has 0 bridgehead atoms. The van der Waals surface area contributed by atoms with Crippen molar-refractivity contribution in [1.82, 2.24) is 9.80 Å². The van der Waals surface area contributed by atoms with Gasteiger partial charge in [0.15, 0.2) is 11.4 Å². The number of aliphatic hydroxyl groups excluding tert-OH is 2. The number of phenolic OH excluding ortho intramolecular Hbond substituents is 1. The van der Waals surface area contributed by atoms with E-state index in [0.29, 0.717) is 13.1 Å². The minimum absolute atomic E-state index is 0.0847. The summed E-state index contributed by atoms with van der Waals surface area (Å²) in [7, 11) is 2.89. The number of Topliss-reactive ketones (excluding diaryl/α,β-unsaturated/α-hetero) is 2. The number of carbonyl (C=O) groups is 3. The summed E-state index contributed by atoms with van der Waals surface area (Å²) >= 11 is 0. The van der Waals surface area contributed by atoms with E-state index in [0.717, 1.165) is 12.5 Å². The Labute approximate surface area is 239 Å². The van der Waals surface area contributed by atoms with Crippen molar-refractivity contribution >= 4 is 23.2 Å². The van der Waals surface area contributed by atoms with E-state index in [1.54, 1.807) is 0 Å². The fourth-order valence-electron chi connectivity index (χ4n) is 7.46. The van der Waals surface area contributed by atoms with E-state index in [-0.39, 0.29) is 29.5 Å². The number of likely N-dealkylation sites (tertiary alicyclic amines) is 1. The number of aromatic hydroxyl groups is 1. The molecule has 3 aliphatic carbocycles. The van der Waals surface area contributed by atoms with Gasteiger partial charge in [-0.3, -0.25) is 24.2 Å². The van der Waals surface area contributed by atoms with Crippen LogP contribution in [-0.4, -0.2) is 86.5 Å². The number of hydrogen-bond donors (Lipinski definition) is 5. The summed E-state index contributed by atoms with van der Waals surface area (Å²) in [4.78, 5) is 42.4. The van der Waals surface area contributed by atoms with E-state index in [2.05, 4.69) is 0 Å². The first kappa shape index (κ1) is 30.1. The molecule has 0 aromatic heterocycles. The zero-order valence-electron chi connectivity index (χ0n) is 23.7. The molecule has 5 rings (SSSR count). The lowest BCUT2D eigenvalue weighted by atomic mass is 9.57. The van der Waals surface area contributed by atoms with Crippen LogP contribution in [0.5, 0.6) is 5.75 Å². The highest BCUT2D eigenvalue weighted by Crippen LogP contribution is 2.54. The highest BCUT2D eigenvalue weighted by molar-refractivity contribution is 6.24. The predicted octanol–water partition coefficient (Wildman–Crippen LogP) is 2.21. The summed E-state index contributed by atoms with van der Waals surface area (Å²) < 4.78 is 44.1. The van der Waals surface area contributed by atoms with Crippen molar-refractivity contribution < 1.29 is 48.0 Å². The molecule has 13 heteroatoms. The number of benzene rings is 1. The van der Waals surface area contributed by atoms with Crippen LogP contribution in [0.15, 0.2) is 23.0 Å². The van der Waals surface area contributed by atoms with Gasteiger partial charge in [0.05, 0.1) is 17.2 Å². The number of carbonyl (C=O) groups excluding carboxylic acids is 3. The smallest absolute Gasteiger partial charge is 0.417 e. The number of fused-ring (bicyclic) bond motifs is 3. The molecule has 0 spiro atoms. The van der Waals surface area contributed by atoms with E-state index in [1.807, 2.05) is 18.7 Å². The summed E-state index contributed by atoms with van der Waals surface area (Å²) in [5.74, 6) is -8.96. The molecular weight excluding hydrogens is 559 g/mol. The molecule has 4 atom stereocenters.